The molecule has 19 heavy (non-hydrogen) atoms. The molecule has 0 saturated heterocycles. The average molecular weight is 338 g/mol. The Bertz CT molecular complexity index is 251. The summed E-state index contributed by atoms with van der Waals surface area (Å²) in [6.07, 6.45) is 0. The normalized spacial score (nSPS) is 8.42. The quantitative estimate of drug-likeness (QED) is 0.430. The van der Waals surface area contributed by atoms with Crippen LogP contribution in [0.5, 0.6) is 0 Å². The molecule has 0 amide bonds. The molecule has 0 aliphatic carbocycles. The standard InChI is InChI=1S/2C4H6O4S.Ca/c2*5-3(6)1-9-2-4(7)8;/h2*1-2H2,(H,5,6)(H,7,8);/q;;+2/p-2. The number of hydrogen-bond donors (Lipinski definition) is 2. The zero-order valence-corrected chi connectivity index (χ0v) is 13.5. The van der Waals surface area contributed by atoms with Gasteiger partial charge < -0.3 is 30.0 Å². The minimum Gasteiger partial charge on any atom is -0.549 e. The van der Waals surface area contributed by atoms with Crippen molar-refractivity contribution in [3.63, 3.8) is 0 Å². The van der Waals surface area contributed by atoms with E-state index in [2.05, 4.69) is 0 Å². The fraction of sp³-hybridized carbons (Fsp3) is 0.500. The van der Waals surface area contributed by atoms with Gasteiger partial charge >= 0.3 is 49.7 Å². The number of carboxylic acids is 4. The number of thioether (sulfide) groups is 2. The van der Waals surface area contributed by atoms with E-state index >= 15 is 0 Å². The van der Waals surface area contributed by atoms with E-state index in [4.69, 9.17) is 10.2 Å². The van der Waals surface area contributed by atoms with Crippen molar-refractivity contribution in [2.24, 2.45) is 0 Å². The van der Waals surface area contributed by atoms with Crippen LogP contribution in [0.2, 0.25) is 0 Å². The zero-order valence-electron chi connectivity index (χ0n) is 9.70. The van der Waals surface area contributed by atoms with Crippen molar-refractivity contribution in [3.05, 3.63) is 0 Å². The van der Waals surface area contributed by atoms with Crippen LogP contribution in [0.3, 0.4) is 0 Å². The molecule has 0 aromatic rings. The van der Waals surface area contributed by atoms with E-state index in [1.165, 1.54) is 0 Å². The first kappa shape index (κ1) is 23.9. The van der Waals surface area contributed by atoms with Crippen molar-refractivity contribution < 1.29 is 39.6 Å². The van der Waals surface area contributed by atoms with E-state index in [0.29, 0.717) is 0 Å². The molecule has 0 fully saturated rings. The van der Waals surface area contributed by atoms with Gasteiger partial charge in [0, 0.05) is 11.5 Å². The number of carbonyl (C=O) groups is 4. The first-order chi connectivity index (χ1) is 8.25. The first-order valence-electron chi connectivity index (χ1n) is 4.24. The molecule has 0 saturated carbocycles. The SMILES string of the molecule is O=C([O-])CSCC(=O)O.O=C([O-])CSCC(=O)O.[Ca+2]. The number of carboxylic acid groups (broad SMARTS) is 4. The molecule has 0 aliphatic heterocycles. The summed E-state index contributed by atoms with van der Waals surface area (Å²) in [5.74, 6) is -5.38. The topological polar surface area (TPSA) is 155 Å². The summed E-state index contributed by atoms with van der Waals surface area (Å²) in [4.78, 5) is 38.8. The van der Waals surface area contributed by atoms with Gasteiger partial charge in [0.15, 0.2) is 0 Å². The van der Waals surface area contributed by atoms with Crippen LogP contribution in [0.1, 0.15) is 0 Å². The maximum absolute atomic E-state index is 9.75. The van der Waals surface area contributed by atoms with Gasteiger partial charge in [0.1, 0.15) is 0 Å². The van der Waals surface area contributed by atoms with E-state index in [-0.39, 0.29) is 60.7 Å². The second kappa shape index (κ2) is 15.9. The van der Waals surface area contributed by atoms with Gasteiger partial charge in [0.2, 0.25) is 0 Å². The van der Waals surface area contributed by atoms with Crippen LogP contribution in [0.4, 0.5) is 0 Å². The van der Waals surface area contributed by atoms with Gasteiger partial charge in [0.25, 0.3) is 0 Å². The van der Waals surface area contributed by atoms with Crippen LogP contribution in [0.15, 0.2) is 0 Å². The predicted molar refractivity (Wildman–Crippen MR) is 65.7 cm³/mol. The molecule has 0 heterocycles. The Labute approximate surface area is 146 Å². The van der Waals surface area contributed by atoms with E-state index in [1.807, 2.05) is 0 Å². The molecule has 104 valence electrons. The van der Waals surface area contributed by atoms with Gasteiger partial charge in [-0.1, -0.05) is 0 Å². The summed E-state index contributed by atoms with van der Waals surface area (Å²) < 4.78 is 0. The molecular weight excluding hydrogens is 328 g/mol. The summed E-state index contributed by atoms with van der Waals surface area (Å²) >= 11 is 1.62. The molecule has 0 radical (unpaired) electrons. The first-order valence-corrected chi connectivity index (χ1v) is 6.55. The fourth-order valence-corrected chi connectivity index (χ4v) is 1.33. The van der Waals surface area contributed by atoms with Crippen molar-refractivity contribution in [1.29, 1.82) is 0 Å². The van der Waals surface area contributed by atoms with E-state index < -0.39 is 23.9 Å². The van der Waals surface area contributed by atoms with Crippen molar-refractivity contribution in [3.8, 4) is 0 Å². The number of carbonyl (C=O) groups excluding carboxylic acids is 2. The molecule has 2 N–H and O–H groups in total. The van der Waals surface area contributed by atoms with Gasteiger partial charge in [-0.25, -0.2) is 0 Å². The van der Waals surface area contributed by atoms with Gasteiger partial charge in [0.05, 0.1) is 23.4 Å². The molecule has 0 aliphatic rings. The molecule has 0 spiro atoms. The Hall–Kier alpha value is -0.160. The van der Waals surface area contributed by atoms with Crippen LogP contribution >= 0.6 is 23.5 Å². The van der Waals surface area contributed by atoms with Gasteiger partial charge in [-0.2, -0.15) is 0 Å². The molecule has 0 rings (SSSR count). The molecule has 0 unspecified atom stereocenters. The molecule has 0 aromatic heterocycles. The zero-order chi connectivity index (χ0) is 14.6. The summed E-state index contributed by atoms with van der Waals surface area (Å²) in [7, 11) is 0. The van der Waals surface area contributed by atoms with Crippen molar-refractivity contribution in [1.82, 2.24) is 0 Å². The average Bonchev–Trinajstić information content (AvgIpc) is 2.15. The second-order valence-electron chi connectivity index (χ2n) is 2.52. The molecule has 8 nitrogen and oxygen atoms in total. The molecular formula is C8H10CaO8S2. The maximum Gasteiger partial charge on any atom is 2.00 e. The van der Waals surface area contributed by atoms with Crippen LogP contribution in [0.25, 0.3) is 0 Å². The molecule has 0 atom stereocenters. The maximum atomic E-state index is 9.75. The Morgan fingerprint density at radius 1 is 0.737 bits per heavy atom. The fourth-order valence-electron chi connectivity index (χ4n) is 0.443. The largest absolute Gasteiger partial charge is 2.00 e. The van der Waals surface area contributed by atoms with Gasteiger partial charge in [-0.3, -0.25) is 9.59 Å². The Balaban J connectivity index is -0.000000256. The van der Waals surface area contributed by atoms with Crippen LogP contribution in [-0.4, -0.2) is 94.8 Å². The van der Waals surface area contributed by atoms with Crippen molar-refractivity contribution >= 4 is 85.1 Å². The molecule has 0 bridgehead atoms. The minimum absolute atomic E-state index is 0. The van der Waals surface area contributed by atoms with E-state index in [9.17, 15) is 29.4 Å². The van der Waals surface area contributed by atoms with Crippen molar-refractivity contribution in [2.45, 2.75) is 0 Å². The monoisotopic (exact) mass is 338 g/mol. The third-order valence-corrected chi connectivity index (χ3v) is 2.67. The number of hydrogen-bond acceptors (Lipinski definition) is 8. The third-order valence-electron chi connectivity index (χ3n) is 0.891. The number of rotatable bonds is 8. The minimum atomic E-state index is -1.23. The van der Waals surface area contributed by atoms with Gasteiger partial charge in [-0.05, 0) is 0 Å². The summed E-state index contributed by atoms with van der Waals surface area (Å²) in [5, 5.41) is 35.3. The molecule has 0 aromatic carbocycles. The smallest absolute Gasteiger partial charge is 0.549 e. The molecule has 11 heteroatoms. The third kappa shape index (κ3) is 31.9. The Morgan fingerprint density at radius 2 is 1.00 bits per heavy atom. The summed E-state index contributed by atoms with van der Waals surface area (Å²) in [5.41, 5.74) is 0. The predicted octanol–water partition coefficient (Wildman–Crippen LogP) is -3.27. The second-order valence-corrected chi connectivity index (χ2v) is 4.49. The van der Waals surface area contributed by atoms with Crippen molar-refractivity contribution in [2.75, 3.05) is 23.0 Å². The summed E-state index contributed by atoms with van der Waals surface area (Å²) in [6, 6.07) is 0. The number of aliphatic carboxylic acids is 4. The van der Waals surface area contributed by atoms with E-state index in [1.54, 1.807) is 0 Å². The van der Waals surface area contributed by atoms with Crippen LogP contribution < -0.4 is 10.2 Å². The van der Waals surface area contributed by atoms with Crippen LogP contribution in [-0.2, 0) is 19.2 Å². The van der Waals surface area contributed by atoms with Gasteiger partial charge in [-0.15, -0.1) is 23.5 Å². The Kier molecular flexibility index (Phi) is 20.0. The van der Waals surface area contributed by atoms with E-state index in [0.717, 1.165) is 23.5 Å². The van der Waals surface area contributed by atoms with Crippen LogP contribution in [0, 0.1) is 0 Å². The Morgan fingerprint density at radius 3 is 1.16 bits per heavy atom. The summed E-state index contributed by atoms with van der Waals surface area (Å²) in [6.45, 7) is 0.